The number of nitrogens with one attached hydrogen (secondary N) is 2. The van der Waals surface area contributed by atoms with Crippen LogP contribution in [0.25, 0.3) is 0 Å². The summed E-state index contributed by atoms with van der Waals surface area (Å²) in [5.41, 5.74) is 2.82. The van der Waals surface area contributed by atoms with Crippen LogP contribution in [0, 0.1) is 0 Å². The van der Waals surface area contributed by atoms with Crippen molar-refractivity contribution in [1.29, 1.82) is 0 Å². The number of hydrogen-bond acceptors (Lipinski definition) is 4. The zero-order chi connectivity index (χ0) is 16.8. The SMILES string of the molecule is COc1cccnc1NC(=S)NCCCN1CCc2ccccc21. The molecular formula is C18H22N4OS. The van der Waals surface area contributed by atoms with Gasteiger partial charge in [-0.2, -0.15) is 0 Å². The average Bonchev–Trinajstić information content (AvgIpc) is 3.02. The minimum atomic E-state index is 0.564. The molecule has 24 heavy (non-hydrogen) atoms. The second-order valence-electron chi connectivity index (χ2n) is 5.65. The number of methoxy groups -OCH3 is 1. The number of benzene rings is 1. The van der Waals surface area contributed by atoms with E-state index in [0.29, 0.717) is 16.7 Å². The highest BCUT2D eigenvalue weighted by molar-refractivity contribution is 7.80. The molecule has 126 valence electrons. The normalized spacial score (nSPS) is 12.6. The van der Waals surface area contributed by atoms with Crippen LogP contribution in [0.1, 0.15) is 12.0 Å². The van der Waals surface area contributed by atoms with Gasteiger partial charge in [-0.15, -0.1) is 0 Å². The highest BCUT2D eigenvalue weighted by Gasteiger charge is 2.17. The van der Waals surface area contributed by atoms with Gasteiger partial charge in [0.05, 0.1) is 7.11 Å². The topological polar surface area (TPSA) is 49.4 Å². The van der Waals surface area contributed by atoms with Crippen molar-refractivity contribution in [2.24, 2.45) is 0 Å². The number of thiocarbonyl (C=S) groups is 1. The molecule has 2 aromatic rings. The number of hydrogen-bond donors (Lipinski definition) is 2. The summed E-state index contributed by atoms with van der Waals surface area (Å²) in [7, 11) is 1.62. The molecule has 1 aliphatic rings. The maximum absolute atomic E-state index is 5.32. The minimum Gasteiger partial charge on any atom is -0.493 e. The Bertz CT molecular complexity index is 707. The lowest BCUT2D eigenvalue weighted by molar-refractivity contribution is 0.415. The van der Waals surface area contributed by atoms with Gasteiger partial charge >= 0.3 is 0 Å². The molecular weight excluding hydrogens is 320 g/mol. The van der Waals surface area contributed by atoms with Crippen LogP contribution in [-0.4, -0.2) is 36.8 Å². The first kappa shape index (κ1) is 16.5. The van der Waals surface area contributed by atoms with Gasteiger partial charge in [-0.1, -0.05) is 18.2 Å². The van der Waals surface area contributed by atoms with Crippen molar-refractivity contribution in [3.8, 4) is 5.75 Å². The number of rotatable bonds is 6. The number of anilines is 2. The molecule has 1 aliphatic heterocycles. The van der Waals surface area contributed by atoms with Crippen LogP contribution in [-0.2, 0) is 6.42 Å². The Morgan fingerprint density at radius 1 is 1.29 bits per heavy atom. The lowest BCUT2D eigenvalue weighted by atomic mass is 10.2. The molecule has 1 aromatic heterocycles. The van der Waals surface area contributed by atoms with Crippen molar-refractivity contribution in [3.05, 3.63) is 48.2 Å². The number of fused-ring (bicyclic) bond motifs is 1. The van der Waals surface area contributed by atoms with Crippen molar-refractivity contribution in [3.63, 3.8) is 0 Å². The first-order valence-corrected chi connectivity index (χ1v) is 8.55. The first-order valence-electron chi connectivity index (χ1n) is 8.14. The number of para-hydroxylation sites is 1. The van der Waals surface area contributed by atoms with Gasteiger partial charge in [-0.25, -0.2) is 4.98 Å². The van der Waals surface area contributed by atoms with Gasteiger partial charge < -0.3 is 20.3 Å². The predicted molar refractivity (Wildman–Crippen MR) is 102 cm³/mol. The van der Waals surface area contributed by atoms with Gasteiger partial charge in [0.25, 0.3) is 0 Å². The van der Waals surface area contributed by atoms with Crippen molar-refractivity contribution in [2.45, 2.75) is 12.8 Å². The van der Waals surface area contributed by atoms with Gasteiger partial charge in [0.15, 0.2) is 16.7 Å². The molecule has 3 rings (SSSR count). The van der Waals surface area contributed by atoms with Crippen LogP contribution in [0.2, 0.25) is 0 Å². The van der Waals surface area contributed by atoms with Gasteiger partial charge in [0, 0.05) is 31.5 Å². The van der Waals surface area contributed by atoms with E-state index in [2.05, 4.69) is 44.8 Å². The first-order chi connectivity index (χ1) is 11.8. The fourth-order valence-electron chi connectivity index (χ4n) is 2.91. The molecule has 5 nitrogen and oxygen atoms in total. The highest BCUT2D eigenvalue weighted by Crippen LogP contribution is 2.27. The Labute approximate surface area is 148 Å². The Balaban J connectivity index is 1.42. The average molecular weight is 342 g/mol. The number of aromatic nitrogens is 1. The monoisotopic (exact) mass is 342 g/mol. The fourth-order valence-corrected chi connectivity index (χ4v) is 3.11. The van der Waals surface area contributed by atoms with Gasteiger partial charge in [0.1, 0.15) is 0 Å². The van der Waals surface area contributed by atoms with Crippen molar-refractivity contribution >= 4 is 28.8 Å². The maximum Gasteiger partial charge on any atom is 0.174 e. The molecule has 0 saturated carbocycles. The summed E-state index contributed by atoms with van der Waals surface area (Å²) < 4.78 is 5.25. The summed E-state index contributed by atoms with van der Waals surface area (Å²) in [5.74, 6) is 1.31. The van der Waals surface area contributed by atoms with Gasteiger partial charge in [-0.05, 0) is 48.8 Å². The van der Waals surface area contributed by atoms with E-state index in [9.17, 15) is 0 Å². The molecule has 0 amide bonds. The molecule has 0 unspecified atom stereocenters. The van der Waals surface area contributed by atoms with E-state index in [4.69, 9.17) is 17.0 Å². The third-order valence-corrected chi connectivity index (χ3v) is 4.34. The van der Waals surface area contributed by atoms with E-state index in [-0.39, 0.29) is 0 Å². The summed E-state index contributed by atoms with van der Waals surface area (Å²) in [6.45, 7) is 2.95. The van der Waals surface area contributed by atoms with Crippen LogP contribution in [0.15, 0.2) is 42.6 Å². The van der Waals surface area contributed by atoms with Gasteiger partial charge in [-0.3, -0.25) is 0 Å². The molecule has 2 heterocycles. The summed E-state index contributed by atoms with van der Waals surface area (Å²) >= 11 is 5.32. The Hall–Kier alpha value is -2.34. The Morgan fingerprint density at radius 2 is 2.17 bits per heavy atom. The van der Waals surface area contributed by atoms with Crippen LogP contribution in [0.4, 0.5) is 11.5 Å². The molecule has 0 atom stereocenters. The minimum absolute atomic E-state index is 0.564. The smallest absolute Gasteiger partial charge is 0.174 e. The van der Waals surface area contributed by atoms with Crippen molar-refractivity contribution in [1.82, 2.24) is 10.3 Å². The van der Waals surface area contributed by atoms with Gasteiger partial charge in [0.2, 0.25) is 0 Å². The Kier molecular flexibility index (Phi) is 5.48. The fraction of sp³-hybridized carbons (Fsp3) is 0.333. The van der Waals surface area contributed by atoms with Crippen LogP contribution >= 0.6 is 12.2 Å². The molecule has 6 heteroatoms. The number of nitrogens with zero attached hydrogens (tertiary/aromatic N) is 2. The number of pyridine rings is 1. The standard InChI is InChI=1S/C18H22N4OS/c1-23-16-8-4-10-19-17(16)21-18(24)20-11-5-12-22-13-9-14-6-2-3-7-15(14)22/h2-4,6-8,10H,5,9,11-13H2,1H3,(H2,19,20,21,24). The Morgan fingerprint density at radius 3 is 3.04 bits per heavy atom. The molecule has 0 saturated heterocycles. The molecule has 2 N–H and O–H groups in total. The van der Waals surface area contributed by atoms with E-state index in [1.807, 2.05) is 12.1 Å². The molecule has 0 aliphatic carbocycles. The highest BCUT2D eigenvalue weighted by atomic mass is 32.1. The second kappa shape index (κ2) is 7.97. The summed E-state index contributed by atoms with van der Waals surface area (Å²) in [6, 6.07) is 12.3. The molecule has 1 aromatic carbocycles. The molecule has 0 bridgehead atoms. The maximum atomic E-state index is 5.32. The lowest BCUT2D eigenvalue weighted by Crippen LogP contribution is -2.32. The summed E-state index contributed by atoms with van der Waals surface area (Å²) in [5, 5.41) is 6.87. The molecule has 0 radical (unpaired) electrons. The third-order valence-electron chi connectivity index (χ3n) is 4.10. The lowest BCUT2D eigenvalue weighted by Gasteiger charge is -2.19. The quantitative estimate of drug-likeness (QED) is 0.622. The second-order valence-corrected chi connectivity index (χ2v) is 6.06. The zero-order valence-corrected chi connectivity index (χ0v) is 14.6. The predicted octanol–water partition coefficient (Wildman–Crippen LogP) is 2.83. The van der Waals surface area contributed by atoms with E-state index < -0.39 is 0 Å². The van der Waals surface area contributed by atoms with E-state index in [0.717, 1.165) is 32.5 Å². The number of ether oxygens (including phenoxy) is 1. The van der Waals surface area contributed by atoms with Crippen LogP contribution in [0.5, 0.6) is 5.75 Å². The van der Waals surface area contributed by atoms with Crippen LogP contribution in [0.3, 0.4) is 0 Å². The van der Waals surface area contributed by atoms with Crippen LogP contribution < -0.4 is 20.3 Å². The third kappa shape index (κ3) is 3.94. The van der Waals surface area contributed by atoms with E-state index in [1.54, 1.807) is 13.3 Å². The van der Waals surface area contributed by atoms with Crippen molar-refractivity contribution in [2.75, 3.05) is 37.0 Å². The van der Waals surface area contributed by atoms with E-state index >= 15 is 0 Å². The van der Waals surface area contributed by atoms with E-state index in [1.165, 1.54) is 11.3 Å². The largest absolute Gasteiger partial charge is 0.493 e. The zero-order valence-electron chi connectivity index (χ0n) is 13.8. The summed E-state index contributed by atoms with van der Waals surface area (Å²) in [6.07, 6.45) is 3.87. The molecule has 0 fully saturated rings. The van der Waals surface area contributed by atoms with Crippen molar-refractivity contribution < 1.29 is 4.74 Å². The molecule has 0 spiro atoms. The summed E-state index contributed by atoms with van der Waals surface area (Å²) in [4.78, 5) is 6.67.